The van der Waals surface area contributed by atoms with Gasteiger partial charge in [0, 0.05) is 30.6 Å². The number of nitrogens with zero attached hydrogens (tertiary/aromatic N) is 3. The SMILES string of the molecule is CC1CN2CCCCC2CN1C(C)c1nc(CCl)cs1. The van der Waals surface area contributed by atoms with Crippen LogP contribution in [0.2, 0.25) is 0 Å². The van der Waals surface area contributed by atoms with Crippen molar-refractivity contribution in [3.8, 4) is 0 Å². The van der Waals surface area contributed by atoms with Crippen LogP contribution in [0.15, 0.2) is 5.38 Å². The topological polar surface area (TPSA) is 19.4 Å². The van der Waals surface area contributed by atoms with Crippen LogP contribution in [-0.2, 0) is 5.88 Å². The van der Waals surface area contributed by atoms with Crippen LogP contribution in [-0.4, -0.2) is 46.5 Å². The highest BCUT2D eigenvalue weighted by molar-refractivity contribution is 7.09. The first-order valence-corrected chi connectivity index (χ1v) is 9.10. The van der Waals surface area contributed by atoms with Crippen molar-refractivity contribution in [1.29, 1.82) is 0 Å². The van der Waals surface area contributed by atoms with Crippen LogP contribution < -0.4 is 0 Å². The number of alkyl halides is 1. The summed E-state index contributed by atoms with van der Waals surface area (Å²) in [5, 5.41) is 3.32. The molecule has 112 valence electrons. The second kappa shape index (κ2) is 6.30. The summed E-state index contributed by atoms with van der Waals surface area (Å²) in [7, 11) is 0. The fourth-order valence-electron chi connectivity index (χ4n) is 3.63. The molecular formula is C15H24ClN3S. The Hall–Kier alpha value is -0.160. The number of rotatable bonds is 3. The van der Waals surface area contributed by atoms with Gasteiger partial charge in [0.05, 0.1) is 17.6 Å². The number of hydrogen-bond acceptors (Lipinski definition) is 4. The fourth-order valence-corrected chi connectivity index (χ4v) is 4.76. The molecule has 3 unspecified atom stereocenters. The molecule has 0 radical (unpaired) electrons. The van der Waals surface area contributed by atoms with Gasteiger partial charge in [0.2, 0.25) is 0 Å². The van der Waals surface area contributed by atoms with Crippen molar-refractivity contribution in [3.05, 3.63) is 16.1 Å². The molecule has 3 rings (SSSR count). The maximum Gasteiger partial charge on any atom is 0.110 e. The second-order valence-electron chi connectivity index (χ2n) is 6.18. The van der Waals surface area contributed by atoms with Gasteiger partial charge in [-0.05, 0) is 33.2 Å². The van der Waals surface area contributed by atoms with Crippen LogP contribution in [0.25, 0.3) is 0 Å². The highest BCUT2D eigenvalue weighted by Gasteiger charge is 2.35. The fraction of sp³-hybridized carbons (Fsp3) is 0.800. The number of thiazole rings is 1. The average molecular weight is 314 g/mol. The number of halogens is 1. The summed E-state index contributed by atoms with van der Waals surface area (Å²) in [5.74, 6) is 0.523. The van der Waals surface area contributed by atoms with E-state index < -0.39 is 0 Å². The van der Waals surface area contributed by atoms with Gasteiger partial charge in [0.1, 0.15) is 5.01 Å². The molecule has 5 heteroatoms. The molecule has 0 aliphatic carbocycles. The van der Waals surface area contributed by atoms with Crippen molar-refractivity contribution in [2.24, 2.45) is 0 Å². The Morgan fingerprint density at radius 1 is 1.45 bits per heavy atom. The largest absolute Gasteiger partial charge is 0.298 e. The molecule has 2 aliphatic heterocycles. The monoisotopic (exact) mass is 313 g/mol. The van der Waals surface area contributed by atoms with Crippen molar-refractivity contribution in [2.45, 2.75) is 57.1 Å². The smallest absolute Gasteiger partial charge is 0.110 e. The maximum absolute atomic E-state index is 5.87. The molecule has 0 spiro atoms. The Morgan fingerprint density at radius 3 is 3.05 bits per heavy atom. The van der Waals surface area contributed by atoms with Crippen LogP contribution in [0, 0.1) is 0 Å². The van der Waals surface area contributed by atoms with Gasteiger partial charge in [0.15, 0.2) is 0 Å². The molecule has 0 saturated carbocycles. The van der Waals surface area contributed by atoms with Crippen LogP contribution in [0.5, 0.6) is 0 Å². The standard InChI is InChI=1S/C15H24ClN3S/c1-11-8-18-6-4-3-5-14(18)9-19(11)12(2)15-17-13(7-16)10-20-15/h10-12,14H,3-9H2,1-2H3. The van der Waals surface area contributed by atoms with Gasteiger partial charge >= 0.3 is 0 Å². The normalized spacial score (nSPS) is 30.1. The molecular weight excluding hydrogens is 290 g/mol. The zero-order chi connectivity index (χ0) is 14.1. The Bertz CT molecular complexity index is 450. The summed E-state index contributed by atoms with van der Waals surface area (Å²) in [6.45, 7) is 8.36. The van der Waals surface area contributed by atoms with Crippen molar-refractivity contribution < 1.29 is 0 Å². The number of piperidine rings is 1. The van der Waals surface area contributed by atoms with E-state index in [4.69, 9.17) is 11.6 Å². The van der Waals surface area contributed by atoms with Gasteiger partial charge in [-0.2, -0.15) is 0 Å². The quantitative estimate of drug-likeness (QED) is 0.796. The molecule has 20 heavy (non-hydrogen) atoms. The summed E-state index contributed by atoms with van der Waals surface area (Å²) >= 11 is 7.63. The Balaban J connectivity index is 1.71. The van der Waals surface area contributed by atoms with Gasteiger partial charge in [0.25, 0.3) is 0 Å². The van der Waals surface area contributed by atoms with Gasteiger partial charge in [-0.3, -0.25) is 9.80 Å². The minimum absolute atomic E-state index is 0.413. The average Bonchev–Trinajstić information content (AvgIpc) is 2.94. The van der Waals surface area contributed by atoms with Crippen LogP contribution in [0.3, 0.4) is 0 Å². The van der Waals surface area contributed by atoms with E-state index >= 15 is 0 Å². The number of fused-ring (bicyclic) bond motifs is 1. The van der Waals surface area contributed by atoms with Crippen LogP contribution in [0.1, 0.15) is 49.9 Å². The zero-order valence-electron chi connectivity index (χ0n) is 12.4. The summed E-state index contributed by atoms with van der Waals surface area (Å²) < 4.78 is 0. The first kappa shape index (κ1) is 14.8. The third-order valence-corrected chi connectivity index (χ3v) is 6.13. The predicted octanol–water partition coefficient (Wildman–Crippen LogP) is 3.50. The summed E-state index contributed by atoms with van der Waals surface area (Å²) in [4.78, 5) is 10.0. The molecule has 0 amide bonds. The molecule has 0 bridgehead atoms. The van der Waals surface area contributed by atoms with E-state index in [1.54, 1.807) is 11.3 Å². The first-order valence-electron chi connectivity index (χ1n) is 7.69. The predicted molar refractivity (Wildman–Crippen MR) is 85.5 cm³/mol. The highest BCUT2D eigenvalue weighted by atomic mass is 35.5. The van der Waals surface area contributed by atoms with Crippen molar-refractivity contribution in [3.63, 3.8) is 0 Å². The second-order valence-corrected chi connectivity index (χ2v) is 7.33. The van der Waals surface area contributed by atoms with E-state index in [-0.39, 0.29) is 0 Å². The molecule has 3 atom stereocenters. The molecule has 2 fully saturated rings. The molecule has 1 aromatic rings. The Morgan fingerprint density at radius 2 is 2.30 bits per heavy atom. The molecule has 0 aromatic carbocycles. The van der Waals surface area contributed by atoms with Crippen molar-refractivity contribution in [2.75, 3.05) is 19.6 Å². The lowest BCUT2D eigenvalue weighted by atomic mass is 9.96. The van der Waals surface area contributed by atoms with Gasteiger partial charge in [-0.25, -0.2) is 4.98 Å². The number of piperazine rings is 1. The first-order chi connectivity index (χ1) is 9.69. The highest BCUT2D eigenvalue weighted by Crippen LogP contribution is 2.31. The van der Waals surface area contributed by atoms with Gasteiger partial charge in [-0.15, -0.1) is 22.9 Å². The summed E-state index contributed by atoms with van der Waals surface area (Å²) in [5.41, 5.74) is 1.02. The zero-order valence-corrected chi connectivity index (χ0v) is 14.0. The number of aromatic nitrogens is 1. The van der Waals surface area contributed by atoms with Gasteiger partial charge in [-0.1, -0.05) is 6.42 Å². The third-order valence-electron chi connectivity index (χ3n) is 4.80. The lowest BCUT2D eigenvalue weighted by Crippen LogP contribution is -2.58. The van der Waals surface area contributed by atoms with Crippen molar-refractivity contribution in [1.82, 2.24) is 14.8 Å². The number of hydrogen-bond donors (Lipinski definition) is 0. The van der Waals surface area contributed by atoms with E-state index in [2.05, 4.69) is 34.0 Å². The van der Waals surface area contributed by atoms with E-state index in [0.29, 0.717) is 18.0 Å². The Kier molecular flexibility index (Phi) is 4.65. The Labute approximate surface area is 130 Å². The molecule has 3 nitrogen and oxygen atoms in total. The summed E-state index contributed by atoms with van der Waals surface area (Å²) in [6, 6.07) is 1.79. The van der Waals surface area contributed by atoms with E-state index in [9.17, 15) is 0 Å². The third kappa shape index (κ3) is 2.89. The van der Waals surface area contributed by atoms with E-state index in [1.807, 2.05) is 0 Å². The van der Waals surface area contributed by atoms with E-state index in [0.717, 1.165) is 11.7 Å². The van der Waals surface area contributed by atoms with Gasteiger partial charge < -0.3 is 0 Å². The van der Waals surface area contributed by atoms with Crippen LogP contribution in [0.4, 0.5) is 0 Å². The molecule has 1 aromatic heterocycles. The maximum atomic E-state index is 5.87. The molecule has 3 heterocycles. The molecule has 0 N–H and O–H groups in total. The molecule has 2 saturated heterocycles. The van der Waals surface area contributed by atoms with E-state index in [1.165, 1.54) is 43.9 Å². The molecule has 2 aliphatic rings. The minimum atomic E-state index is 0.413. The minimum Gasteiger partial charge on any atom is -0.298 e. The van der Waals surface area contributed by atoms with Crippen LogP contribution >= 0.6 is 22.9 Å². The lowest BCUT2D eigenvalue weighted by molar-refractivity contribution is -0.00465. The lowest BCUT2D eigenvalue weighted by Gasteiger charge is -2.49. The van der Waals surface area contributed by atoms with Crippen molar-refractivity contribution >= 4 is 22.9 Å². The summed E-state index contributed by atoms with van der Waals surface area (Å²) in [6.07, 6.45) is 4.14.